The van der Waals surface area contributed by atoms with E-state index in [0.29, 0.717) is 5.57 Å². The van der Waals surface area contributed by atoms with E-state index in [1.54, 1.807) is 13.0 Å². The Bertz CT molecular complexity index is 411. The Hall–Kier alpha value is -1.83. The molecule has 0 radical (unpaired) electrons. The summed E-state index contributed by atoms with van der Waals surface area (Å²) in [6, 6.07) is 7.64. The molecule has 0 spiro atoms. The molecule has 2 heteroatoms. The normalized spacial score (nSPS) is 11.9. The molecule has 1 rings (SSSR count). The van der Waals surface area contributed by atoms with Crippen LogP contribution in [0.4, 0.5) is 0 Å². The zero-order chi connectivity index (χ0) is 11.4. The van der Waals surface area contributed by atoms with Crippen LogP contribution in [0.5, 0.6) is 0 Å². The van der Waals surface area contributed by atoms with E-state index in [0.717, 1.165) is 16.7 Å². The van der Waals surface area contributed by atoms with Crippen molar-refractivity contribution in [3.8, 4) is 0 Å². The maximum Gasteiger partial charge on any atom is 0.331 e. The summed E-state index contributed by atoms with van der Waals surface area (Å²) in [6.45, 7) is 7.08. The quantitative estimate of drug-likeness (QED) is 0.764. The summed E-state index contributed by atoms with van der Waals surface area (Å²) >= 11 is 0. The molecule has 0 fully saturated rings. The number of rotatable bonds is 3. The first kappa shape index (κ1) is 11.2. The van der Waals surface area contributed by atoms with E-state index >= 15 is 0 Å². The Labute approximate surface area is 89.6 Å². The SMILES string of the molecule is C=Cc1ccc(C(C)=C(C)C(=O)O)cc1. The van der Waals surface area contributed by atoms with E-state index in [4.69, 9.17) is 5.11 Å². The highest BCUT2D eigenvalue weighted by atomic mass is 16.4. The van der Waals surface area contributed by atoms with Gasteiger partial charge in [0.2, 0.25) is 0 Å². The highest BCUT2D eigenvalue weighted by Crippen LogP contribution is 2.19. The van der Waals surface area contributed by atoms with Crippen LogP contribution in [-0.4, -0.2) is 11.1 Å². The number of carbonyl (C=O) groups is 1. The van der Waals surface area contributed by atoms with Gasteiger partial charge in [-0.05, 0) is 30.5 Å². The van der Waals surface area contributed by atoms with Gasteiger partial charge >= 0.3 is 5.97 Å². The minimum Gasteiger partial charge on any atom is -0.478 e. The van der Waals surface area contributed by atoms with Crippen LogP contribution in [-0.2, 0) is 4.79 Å². The third-order valence-electron chi connectivity index (χ3n) is 2.46. The highest BCUT2D eigenvalue weighted by molar-refractivity contribution is 5.95. The molecule has 0 atom stereocenters. The van der Waals surface area contributed by atoms with E-state index < -0.39 is 5.97 Å². The average Bonchev–Trinajstić information content (AvgIpc) is 2.27. The lowest BCUT2D eigenvalue weighted by Crippen LogP contribution is -1.99. The van der Waals surface area contributed by atoms with E-state index in [1.807, 2.05) is 31.2 Å². The van der Waals surface area contributed by atoms with Crippen LogP contribution in [0.2, 0.25) is 0 Å². The molecule has 0 saturated carbocycles. The summed E-state index contributed by atoms with van der Waals surface area (Å²) in [5, 5.41) is 8.84. The summed E-state index contributed by atoms with van der Waals surface area (Å²) in [5.41, 5.74) is 3.12. The number of carboxylic acid groups (broad SMARTS) is 1. The molecule has 0 aromatic heterocycles. The molecule has 2 nitrogen and oxygen atoms in total. The lowest BCUT2D eigenvalue weighted by atomic mass is 10.0. The fraction of sp³-hybridized carbons (Fsp3) is 0.154. The van der Waals surface area contributed by atoms with E-state index in [2.05, 4.69) is 6.58 Å². The second-order valence-electron chi connectivity index (χ2n) is 3.38. The summed E-state index contributed by atoms with van der Waals surface area (Å²) < 4.78 is 0. The standard InChI is InChI=1S/C13H14O2/c1-4-11-5-7-12(8-6-11)9(2)10(3)13(14)15/h4-8H,1H2,2-3H3,(H,14,15). The molecular weight excluding hydrogens is 188 g/mol. The van der Waals surface area contributed by atoms with Crippen LogP contribution < -0.4 is 0 Å². The lowest BCUT2D eigenvalue weighted by molar-refractivity contribution is -0.132. The fourth-order valence-corrected chi connectivity index (χ4v) is 1.25. The topological polar surface area (TPSA) is 37.3 Å². The third kappa shape index (κ3) is 2.56. The van der Waals surface area contributed by atoms with Crippen LogP contribution in [0.3, 0.4) is 0 Å². The zero-order valence-corrected chi connectivity index (χ0v) is 8.95. The molecule has 0 aliphatic carbocycles. The van der Waals surface area contributed by atoms with Crippen LogP contribution in [0.15, 0.2) is 36.4 Å². The van der Waals surface area contributed by atoms with Crippen molar-refractivity contribution in [1.82, 2.24) is 0 Å². The van der Waals surface area contributed by atoms with Gasteiger partial charge in [-0.25, -0.2) is 4.79 Å². The molecular formula is C13H14O2. The molecule has 1 N–H and O–H groups in total. The predicted molar refractivity (Wildman–Crippen MR) is 62.4 cm³/mol. The number of hydrogen-bond donors (Lipinski definition) is 1. The Morgan fingerprint density at radius 2 is 1.80 bits per heavy atom. The fourth-order valence-electron chi connectivity index (χ4n) is 1.25. The number of benzene rings is 1. The minimum atomic E-state index is -0.875. The maximum atomic E-state index is 10.8. The van der Waals surface area contributed by atoms with E-state index in [-0.39, 0.29) is 0 Å². The molecule has 0 saturated heterocycles. The predicted octanol–water partition coefficient (Wildman–Crippen LogP) is 3.21. The van der Waals surface area contributed by atoms with Gasteiger partial charge in [-0.3, -0.25) is 0 Å². The number of allylic oxidation sites excluding steroid dienone is 1. The van der Waals surface area contributed by atoms with Crippen molar-refractivity contribution in [3.05, 3.63) is 47.5 Å². The van der Waals surface area contributed by atoms with Gasteiger partial charge in [0, 0.05) is 5.57 Å². The van der Waals surface area contributed by atoms with Gasteiger partial charge in [-0.15, -0.1) is 0 Å². The monoisotopic (exact) mass is 202 g/mol. The smallest absolute Gasteiger partial charge is 0.331 e. The van der Waals surface area contributed by atoms with Crippen molar-refractivity contribution in [2.24, 2.45) is 0 Å². The van der Waals surface area contributed by atoms with Crippen molar-refractivity contribution < 1.29 is 9.90 Å². The van der Waals surface area contributed by atoms with Gasteiger partial charge < -0.3 is 5.11 Å². The van der Waals surface area contributed by atoms with Gasteiger partial charge in [0.25, 0.3) is 0 Å². The van der Waals surface area contributed by atoms with Crippen LogP contribution in [0, 0.1) is 0 Å². The highest BCUT2D eigenvalue weighted by Gasteiger charge is 2.06. The van der Waals surface area contributed by atoms with Gasteiger partial charge in [-0.2, -0.15) is 0 Å². The Morgan fingerprint density at radius 3 is 2.20 bits per heavy atom. The second-order valence-corrected chi connectivity index (χ2v) is 3.38. The summed E-state index contributed by atoms with van der Waals surface area (Å²) in [5.74, 6) is -0.875. The minimum absolute atomic E-state index is 0.376. The van der Waals surface area contributed by atoms with Crippen molar-refractivity contribution in [2.75, 3.05) is 0 Å². The first-order valence-corrected chi connectivity index (χ1v) is 4.70. The second kappa shape index (κ2) is 4.60. The maximum absolute atomic E-state index is 10.8. The molecule has 1 aromatic carbocycles. The van der Waals surface area contributed by atoms with Gasteiger partial charge in [0.05, 0.1) is 0 Å². The molecule has 0 bridgehead atoms. The van der Waals surface area contributed by atoms with Crippen LogP contribution in [0.25, 0.3) is 11.6 Å². The largest absolute Gasteiger partial charge is 0.478 e. The summed E-state index contributed by atoms with van der Waals surface area (Å²) in [7, 11) is 0. The van der Waals surface area contributed by atoms with Crippen molar-refractivity contribution in [2.45, 2.75) is 13.8 Å². The molecule has 0 aliphatic heterocycles. The molecule has 0 aliphatic rings. The van der Waals surface area contributed by atoms with Crippen LogP contribution >= 0.6 is 0 Å². The third-order valence-corrected chi connectivity index (χ3v) is 2.46. The van der Waals surface area contributed by atoms with Crippen molar-refractivity contribution >= 4 is 17.6 Å². The van der Waals surface area contributed by atoms with E-state index in [1.165, 1.54) is 0 Å². The molecule has 0 amide bonds. The Kier molecular flexibility index (Phi) is 3.45. The van der Waals surface area contributed by atoms with Gasteiger partial charge in [-0.1, -0.05) is 36.9 Å². The van der Waals surface area contributed by atoms with Gasteiger partial charge in [0.1, 0.15) is 0 Å². The Balaban J connectivity index is 3.12. The van der Waals surface area contributed by atoms with Crippen molar-refractivity contribution in [1.29, 1.82) is 0 Å². The first-order chi connectivity index (χ1) is 7.06. The molecule has 0 heterocycles. The van der Waals surface area contributed by atoms with Crippen LogP contribution in [0.1, 0.15) is 25.0 Å². The number of aliphatic carboxylic acids is 1. The number of hydrogen-bond acceptors (Lipinski definition) is 1. The summed E-state index contributed by atoms with van der Waals surface area (Å²) in [6.07, 6.45) is 1.76. The molecule has 15 heavy (non-hydrogen) atoms. The average molecular weight is 202 g/mol. The van der Waals surface area contributed by atoms with E-state index in [9.17, 15) is 4.79 Å². The molecule has 1 aromatic rings. The first-order valence-electron chi connectivity index (χ1n) is 4.70. The summed E-state index contributed by atoms with van der Waals surface area (Å²) in [4.78, 5) is 10.8. The van der Waals surface area contributed by atoms with Gasteiger partial charge in [0.15, 0.2) is 0 Å². The lowest BCUT2D eigenvalue weighted by Gasteiger charge is -2.04. The molecule has 78 valence electrons. The molecule has 0 unspecified atom stereocenters. The van der Waals surface area contributed by atoms with Crippen molar-refractivity contribution in [3.63, 3.8) is 0 Å². The Morgan fingerprint density at radius 1 is 1.27 bits per heavy atom. The number of carboxylic acids is 1. The zero-order valence-electron chi connectivity index (χ0n) is 8.95.